The largest absolute Gasteiger partial charge is 0.497 e. The van der Waals surface area contributed by atoms with Crippen LogP contribution in [-0.4, -0.2) is 45.8 Å². The molecule has 0 amide bonds. The number of hydrogen-bond donors (Lipinski definition) is 2. The molecule has 1 heterocycles. The average Bonchev–Trinajstić information content (AvgIpc) is 2.80. The number of benzene rings is 2. The van der Waals surface area contributed by atoms with E-state index in [1.807, 2.05) is 55.4 Å². The Labute approximate surface area is 184 Å². The molecule has 0 aliphatic rings. The molecule has 0 radical (unpaired) electrons. The SMILES string of the molecule is CCNC(=NCc1cc(N(C)C)nc2ccccc12)NCc1ccc(OC)cc1OC. The second kappa shape index (κ2) is 10.5. The van der Waals surface area contributed by atoms with Gasteiger partial charge in [0, 0.05) is 44.2 Å². The zero-order valence-electron chi connectivity index (χ0n) is 18.9. The number of nitrogens with zero attached hydrogens (tertiary/aromatic N) is 3. The van der Waals surface area contributed by atoms with Crippen molar-refractivity contribution in [3.05, 3.63) is 59.7 Å². The van der Waals surface area contributed by atoms with E-state index in [9.17, 15) is 0 Å². The summed E-state index contributed by atoms with van der Waals surface area (Å²) >= 11 is 0. The summed E-state index contributed by atoms with van der Waals surface area (Å²) in [6.45, 7) is 3.95. The van der Waals surface area contributed by atoms with Crippen LogP contribution in [0.2, 0.25) is 0 Å². The monoisotopic (exact) mass is 421 g/mol. The number of methoxy groups -OCH3 is 2. The molecular formula is C24H31N5O2. The highest BCUT2D eigenvalue weighted by Gasteiger charge is 2.09. The van der Waals surface area contributed by atoms with Crippen LogP contribution in [0.4, 0.5) is 5.82 Å². The Bertz CT molecular complexity index is 1050. The van der Waals surface area contributed by atoms with Crippen LogP contribution in [0.25, 0.3) is 10.9 Å². The number of nitrogens with one attached hydrogen (secondary N) is 2. The molecule has 0 fully saturated rings. The van der Waals surface area contributed by atoms with Crippen molar-refractivity contribution in [1.82, 2.24) is 15.6 Å². The number of hydrogen-bond acceptors (Lipinski definition) is 5. The number of fused-ring (bicyclic) bond motifs is 1. The molecule has 31 heavy (non-hydrogen) atoms. The first-order valence-corrected chi connectivity index (χ1v) is 10.3. The van der Waals surface area contributed by atoms with E-state index in [1.165, 1.54) is 0 Å². The smallest absolute Gasteiger partial charge is 0.191 e. The lowest BCUT2D eigenvalue weighted by Crippen LogP contribution is -2.36. The Morgan fingerprint density at radius 1 is 1.00 bits per heavy atom. The Morgan fingerprint density at radius 3 is 2.52 bits per heavy atom. The van der Waals surface area contributed by atoms with Crippen molar-refractivity contribution < 1.29 is 9.47 Å². The Hall–Kier alpha value is -3.48. The molecule has 3 rings (SSSR count). The molecule has 0 aliphatic heterocycles. The van der Waals surface area contributed by atoms with Crippen molar-refractivity contribution in [3.63, 3.8) is 0 Å². The summed E-state index contributed by atoms with van der Waals surface area (Å²) in [6, 6.07) is 16.1. The number of aromatic nitrogens is 1. The van der Waals surface area contributed by atoms with Crippen molar-refractivity contribution >= 4 is 22.7 Å². The molecule has 2 aromatic carbocycles. The summed E-state index contributed by atoms with van der Waals surface area (Å²) in [4.78, 5) is 11.6. The molecule has 7 nitrogen and oxygen atoms in total. The number of guanidine groups is 1. The third kappa shape index (κ3) is 5.57. The van der Waals surface area contributed by atoms with Gasteiger partial charge >= 0.3 is 0 Å². The predicted molar refractivity (Wildman–Crippen MR) is 127 cm³/mol. The first-order chi connectivity index (χ1) is 15.0. The standard InChI is InChI=1S/C24H31N5O2/c1-6-25-24(26-15-17-11-12-19(30-4)14-22(17)31-5)27-16-18-13-23(29(2)3)28-21-10-8-7-9-20(18)21/h7-14H,6,15-16H2,1-5H3,(H2,25,26,27). The summed E-state index contributed by atoms with van der Waals surface area (Å²) in [5, 5.41) is 7.83. The topological polar surface area (TPSA) is 71.0 Å². The van der Waals surface area contributed by atoms with Crippen molar-refractivity contribution in [1.29, 1.82) is 0 Å². The van der Waals surface area contributed by atoms with Gasteiger partial charge in [-0.2, -0.15) is 0 Å². The van der Waals surface area contributed by atoms with Gasteiger partial charge in [-0.05, 0) is 36.8 Å². The van der Waals surface area contributed by atoms with Gasteiger partial charge in [0.1, 0.15) is 17.3 Å². The van der Waals surface area contributed by atoms with Gasteiger partial charge in [0.25, 0.3) is 0 Å². The van der Waals surface area contributed by atoms with Crippen LogP contribution in [0.5, 0.6) is 11.5 Å². The summed E-state index contributed by atoms with van der Waals surface area (Å²) < 4.78 is 10.8. The molecule has 0 unspecified atom stereocenters. The molecule has 0 bridgehead atoms. The maximum atomic E-state index is 5.50. The van der Waals surface area contributed by atoms with Crippen LogP contribution in [0.15, 0.2) is 53.5 Å². The molecule has 3 aromatic rings. The molecule has 0 saturated carbocycles. The van der Waals surface area contributed by atoms with E-state index in [1.54, 1.807) is 14.2 Å². The fourth-order valence-electron chi connectivity index (χ4n) is 3.27. The highest BCUT2D eigenvalue weighted by molar-refractivity contribution is 5.85. The normalized spacial score (nSPS) is 11.3. The molecule has 0 aliphatic carbocycles. The summed E-state index contributed by atoms with van der Waals surface area (Å²) in [5.41, 5.74) is 3.13. The van der Waals surface area contributed by atoms with Gasteiger partial charge in [-0.15, -0.1) is 0 Å². The zero-order valence-corrected chi connectivity index (χ0v) is 18.9. The number of para-hydroxylation sites is 1. The average molecular weight is 422 g/mol. The van der Waals surface area contributed by atoms with E-state index in [0.717, 1.165) is 51.9 Å². The fourth-order valence-corrected chi connectivity index (χ4v) is 3.27. The molecule has 164 valence electrons. The molecule has 0 atom stereocenters. The second-order valence-corrected chi connectivity index (χ2v) is 7.28. The molecule has 2 N–H and O–H groups in total. The summed E-state index contributed by atoms with van der Waals surface area (Å²) in [7, 11) is 7.30. The van der Waals surface area contributed by atoms with Gasteiger partial charge in [0.15, 0.2) is 5.96 Å². The number of anilines is 1. The first-order valence-electron chi connectivity index (χ1n) is 10.3. The third-order valence-electron chi connectivity index (χ3n) is 4.94. The van der Waals surface area contributed by atoms with Crippen LogP contribution in [-0.2, 0) is 13.1 Å². The van der Waals surface area contributed by atoms with Crippen LogP contribution < -0.4 is 25.0 Å². The van der Waals surface area contributed by atoms with E-state index in [4.69, 9.17) is 19.5 Å². The van der Waals surface area contributed by atoms with E-state index in [2.05, 4.69) is 29.7 Å². The Balaban J connectivity index is 1.82. The maximum absolute atomic E-state index is 5.50. The summed E-state index contributed by atoms with van der Waals surface area (Å²) in [5.74, 6) is 3.21. The minimum Gasteiger partial charge on any atom is -0.497 e. The highest BCUT2D eigenvalue weighted by Crippen LogP contribution is 2.25. The molecule has 0 saturated heterocycles. The van der Waals surface area contributed by atoms with Gasteiger partial charge < -0.3 is 25.0 Å². The first kappa shape index (κ1) is 22.2. The van der Waals surface area contributed by atoms with Crippen molar-refractivity contribution in [2.45, 2.75) is 20.0 Å². The Kier molecular flexibility index (Phi) is 7.54. The predicted octanol–water partition coefficient (Wildman–Crippen LogP) is 3.57. The van der Waals surface area contributed by atoms with Crippen molar-refractivity contribution in [2.75, 3.05) is 39.8 Å². The van der Waals surface area contributed by atoms with Crippen LogP contribution in [0.3, 0.4) is 0 Å². The quantitative estimate of drug-likeness (QED) is 0.428. The van der Waals surface area contributed by atoms with Crippen molar-refractivity contribution in [3.8, 4) is 11.5 Å². The lowest BCUT2D eigenvalue weighted by Gasteiger charge is -2.16. The van der Waals surface area contributed by atoms with E-state index in [0.29, 0.717) is 13.1 Å². The molecule has 7 heteroatoms. The Morgan fingerprint density at radius 2 is 1.81 bits per heavy atom. The number of ether oxygens (including phenoxy) is 2. The van der Waals surface area contributed by atoms with Gasteiger partial charge in [-0.1, -0.05) is 18.2 Å². The highest BCUT2D eigenvalue weighted by atomic mass is 16.5. The van der Waals surface area contributed by atoms with Gasteiger partial charge in [-0.3, -0.25) is 0 Å². The summed E-state index contributed by atoms with van der Waals surface area (Å²) in [6.07, 6.45) is 0. The molecular weight excluding hydrogens is 390 g/mol. The third-order valence-corrected chi connectivity index (χ3v) is 4.94. The van der Waals surface area contributed by atoms with Gasteiger partial charge in [0.05, 0.1) is 26.3 Å². The minimum absolute atomic E-state index is 0.541. The molecule has 0 spiro atoms. The van der Waals surface area contributed by atoms with Gasteiger partial charge in [0.2, 0.25) is 0 Å². The van der Waals surface area contributed by atoms with Crippen LogP contribution >= 0.6 is 0 Å². The number of aliphatic imine (C=N–C) groups is 1. The number of rotatable bonds is 8. The van der Waals surface area contributed by atoms with Crippen LogP contribution in [0, 0.1) is 0 Å². The lowest BCUT2D eigenvalue weighted by molar-refractivity contribution is 0.390. The van der Waals surface area contributed by atoms with Gasteiger partial charge in [-0.25, -0.2) is 9.98 Å². The van der Waals surface area contributed by atoms with E-state index < -0.39 is 0 Å². The maximum Gasteiger partial charge on any atom is 0.191 e. The second-order valence-electron chi connectivity index (χ2n) is 7.28. The lowest BCUT2D eigenvalue weighted by atomic mass is 10.1. The number of pyridine rings is 1. The van der Waals surface area contributed by atoms with E-state index in [-0.39, 0.29) is 0 Å². The fraction of sp³-hybridized carbons (Fsp3) is 0.333. The van der Waals surface area contributed by atoms with Crippen molar-refractivity contribution in [2.24, 2.45) is 4.99 Å². The van der Waals surface area contributed by atoms with Crippen LogP contribution in [0.1, 0.15) is 18.1 Å². The van der Waals surface area contributed by atoms with E-state index >= 15 is 0 Å². The zero-order chi connectivity index (χ0) is 22.2. The minimum atomic E-state index is 0.541. The molecule has 1 aromatic heterocycles.